The lowest BCUT2D eigenvalue weighted by molar-refractivity contribution is 0.364. The van der Waals surface area contributed by atoms with Crippen molar-refractivity contribution in [2.24, 2.45) is 5.92 Å². The van der Waals surface area contributed by atoms with E-state index in [9.17, 15) is 0 Å². The van der Waals surface area contributed by atoms with Crippen LogP contribution in [0, 0.1) is 12.8 Å². The number of nitrogens with two attached hydrogens (primary N) is 1. The van der Waals surface area contributed by atoms with Gasteiger partial charge in [0, 0.05) is 12.6 Å². The average molecular weight is 275 g/mol. The number of aromatic nitrogens is 1. The molecular formula is C15H21N3S. The highest BCUT2D eigenvalue weighted by Crippen LogP contribution is 2.36. The van der Waals surface area contributed by atoms with Gasteiger partial charge >= 0.3 is 0 Å². The van der Waals surface area contributed by atoms with Crippen LogP contribution in [0.4, 0.5) is 11.4 Å². The predicted molar refractivity (Wildman–Crippen MR) is 84.0 cm³/mol. The van der Waals surface area contributed by atoms with E-state index in [1.807, 2.05) is 6.92 Å². The molecule has 1 aliphatic rings. The molecule has 1 aromatic carbocycles. The largest absolute Gasteiger partial charge is 0.397 e. The Labute approximate surface area is 118 Å². The summed E-state index contributed by atoms with van der Waals surface area (Å²) in [6, 6.07) is 4.80. The third-order valence-electron chi connectivity index (χ3n) is 4.33. The van der Waals surface area contributed by atoms with Crippen LogP contribution in [0.15, 0.2) is 12.1 Å². The molecule has 0 amide bonds. The number of hydrogen-bond donors (Lipinski definition) is 1. The van der Waals surface area contributed by atoms with Gasteiger partial charge in [0.05, 0.1) is 26.6 Å². The molecule has 2 N–H and O–H groups in total. The lowest BCUT2D eigenvalue weighted by Crippen LogP contribution is -2.42. The second-order valence-corrected chi connectivity index (χ2v) is 6.90. The fraction of sp³-hybridized carbons (Fsp3) is 0.533. The molecule has 1 saturated heterocycles. The molecule has 0 radical (unpaired) electrons. The first-order valence-corrected chi connectivity index (χ1v) is 7.81. The van der Waals surface area contributed by atoms with E-state index < -0.39 is 0 Å². The van der Waals surface area contributed by atoms with Crippen LogP contribution in [-0.2, 0) is 0 Å². The second kappa shape index (κ2) is 4.67. The molecule has 2 unspecified atom stereocenters. The summed E-state index contributed by atoms with van der Waals surface area (Å²) in [5, 5.41) is 1.10. The van der Waals surface area contributed by atoms with Crippen molar-refractivity contribution in [2.45, 2.75) is 39.7 Å². The van der Waals surface area contributed by atoms with E-state index in [4.69, 9.17) is 5.73 Å². The molecule has 102 valence electrons. The normalized spacial score (nSPS) is 24.1. The minimum absolute atomic E-state index is 0.549. The number of fused-ring (bicyclic) bond motifs is 1. The van der Waals surface area contributed by atoms with Crippen LogP contribution in [0.3, 0.4) is 0 Å². The van der Waals surface area contributed by atoms with Crippen LogP contribution < -0.4 is 10.6 Å². The fourth-order valence-electron chi connectivity index (χ4n) is 3.02. The van der Waals surface area contributed by atoms with E-state index in [0.29, 0.717) is 6.04 Å². The Balaban J connectivity index is 2.05. The van der Waals surface area contributed by atoms with Crippen LogP contribution in [-0.4, -0.2) is 17.6 Å². The van der Waals surface area contributed by atoms with Crippen LogP contribution in [0.2, 0.25) is 0 Å². The van der Waals surface area contributed by atoms with Gasteiger partial charge in [0.1, 0.15) is 0 Å². The number of hydrogen-bond acceptors (Lipinski definition) is 4. The Kier molecular flexibility index (Phi) is 3.13. The molecule has 0 spiro atoms. The van der Waals surface area contributed by atoms with Crippen molar-refractivity contribution < 1.29 is 0 Å². The molecular weight excluding hydrogens is 254 g/mol. The van der Waals surface area contributed by atoms with Crippen molar-refractivity contribution in [3.8, 4) is 0 Å². The van der Waals surface area contributed by atoms with Crippen molar-refractivity contribution in [3.63, 3.8) is 0 Å². The quantitative estimate of drug-likeness (QED) is 0.805. The summed E-state index contributed by atoms with van der Waals surface area (Å²) in [6.45, 7) is 7.79. The van der Waals surface area contributed by atoms with Crippen LogP contribution in [0.1, 0.15) is 31.7 Å². The Bertz CT molecular complexity index is 605. The number of nitrogens with zero attached hydrogens (tertiary/aromatic N) is 2. The number of anilines is 2. The Morgan fingerprint density at radius 2 is 2.16 bits per heavy atom. The van der Waals surface area contributed by atoms with Crippen molar-refractivity contribution in [2.75, 3.05) is 17.2 Å². The van der Waals surface area contributed by atoms with Gasteiger partial charge < -0.3 is 10.6 Å². The Morgan fingerprint density at radius 1 is 1.37 bits per heavy atom. The molecule has 3 rings (SSSR count). The molecule has 3 nitrogen and oxygen atoms in total. The number of piperidine rings is 1. The number of benzene rings is 1. The monoisotopic (exact) mass is 275 g/mol. The summed E-state index contributed by atoms with van der Waals surface area (Å²) in [4.78, 5) is 7.05. The zero-order valence-corrected chi connectivity index (χ0v) is 12.6. The predicted octanol–water partition coefficient (Wildman–Crippen LogP) is 3.81. The third kappa shape index (κ3) is 2.18. The zero-order chi connectivity index (χ0) is 13.6. The molecule has 19 heavy (non-hydrogen) atoms. The summed E-state index contributed by atoms with van der Waals surface area (Å²) < 4.78 is 1.19. The van der Waals surface area contributed by atoms with Gasteiger partial charge in [-0.2, -0.15) is 0 Å². The second-order valence-electron chi connectivity index (χ2n) is 5.67. The van der Waals surface area contributed by atoms with Gasteiger partial charge in [-0.1, -0.05) is 6.92 Å². The van der Waals surface area contributed by atoms with Gasteiger partial charge in [-0.05, 0) is 44.7 Å². The number of thiazole rings is 1. The molecule has 1 fully saturated rings. The highest BCUT2D eigenvalue weighted by atomic mass is 32.1. The summed E-state index contributed by atoms with van der Waals surface area (Å²) in [5.74, 6) is 0.723. The first kappa shape index (κ1) is 12.7. The Morgan fingerprint density at radius 3 is 2.95 bits per heavy atom. The van der Waals surface area contributed by atoms with E-state index in [1.165, 1.54) is 17.5 Å². The maximum Gasteiger partial charge on any atom is 0.0907 e. The van der Waals surface area contributed by atoms with E-state index in [0.717, 1.165) is 34.4 Å². The molecule has 2 heterocycles. The molecule has 1 aliphatic heterocycles. The van der Waals surface area contributed by atoms with Gasteiger partial charge in [0.2, 0.25) is 0 Å². The van der Waals surface area contributed by atoms with Crippen molar-refractivity contribution in [3.05, 3.63) is 17.1 Å². The van der Waals surface area contributed by atoms with Crippen LogP contribution in [0.25, 0.3) is 10.2 Å². The van der Waals surface area contributed by atoms with Gasteiger partial charge in [0.25, 0.3) is 0 Å². The zero-order valence-electron chi connectivity index (χ0n) is 11.8. The smallest absolute Gasteiger partial charge is 0.0907 e. The standard InChI is InChI=1S/C15H21N3S/c1-9-5-4-6-18(10(9)2)14-8-13-15(7-12(14)16)19-11(3)17-13/h7-10H,4-6,16H2,1-3H3. The van der Waals surface area contributed by atoms with Gasteiger partial charge in [-0.25, -0.2) is 4.98 Å². The number of rotatable bonds is 1. The lowest BCUT2D eigenvalue weighted by Gasteiger charge is -2.40. The van der Waals surface area contributed by atoms with Crippen molar-refractivity contribution in [1.29, 1.82) is 0 Å². The maximum atomic E-state index is 6.27. The van der Waals surface area contributed by atoms with Gasteiger partial charge in [-0.15, -0.1) is 11.3 Å². The van der Waals surface area contributed by atoms with E-state index in [2.05, 4.69) is 35.9 Å². The molecule has 4 heteroatoms. The summed E-state index contributed by atoms with van der Waals surface area (Å²) in [5.41, 5.74) is 9.40. The van der Waals surface area contributed by atoms with Crippen LogP contribution in [0.5, 0.6) is 0 Å². The number of aryl methyl sites for hydroxylation is 1. The summed E-state index contributed by atoms with van der Waals surface area (Å²) in [7, 11) is 0. The van der Waals surface area contributed by atoms with Crippen LogP contribution >= 0.6 is 11.3 Å². The molecule has 0 saturated carbocycles. The highest BCUT2D eigenvalue weighted by Gasteiger charge is 2.26. The summed E-state index contributed by atoms with van der Waals surface area (Å²) >= 11 is 1.71. The molecule has 2 aromatic rings. The maximum absolute atomic E-state index is 6.27. The number of nitrogen functional groups attached to an aromatic ring is 1. The first-order chi connectivity index (χ1) is 9.06. The summed E-state index contributed by atoms with van der Waals surface area (Å²) in [6.07, 6.45) is 2.56. The molecule has 1 aromatic heterocycles. The highest BCUT2D eigenvalue weighted by molar-refractivity contribution is 7.18. The lowest BCUT2D eigenvalue weighted by atomic mass is 9.91. The van der Waals surface area contributed by atoms with Gasteiger partial charge in [0.15, 0.2) is 0 Å². The SMILES string of the molecule is Cc1nc2cc(N3CCCC(C)C3C)c(N)cc2s1. The van der Waals surface area contributed by atoms with E-state index >= 15 is 0 Å². The fourth-order valence-corrected chi connectivity index (χ4v) is 3.88. The minimum atomic E-state index is 0.549. The third-order valence-corrected chi connectivity index (χ3v) is 5.26. The van der Waals surface area contributed by atoms with E-state index in [1.54, 1.807) is 11.3 Å². The average Bonchev–Trinajstić information content (AvgIpc) is 2.71. The van der Waals surface area contributed by atoms with Crippen molar-refractivity contribution >= 4 is 32.9 Å². The molecule has 2 atom stereocenters. The Hall–Kier alpha value is -1.29. The minimum Gasteiger partial charge on any atom is -0.397 e. The molecule has 0 aliphatic carbocycles. The van der Waals surface area contributed by atoms with Crippen molar-refractivity contribution in [1.82, 2.24) is 4.98 Å². The first-order valence-electron chi connectivity index (χ1n) is 6.99. The topological polar surface area (TPSA) is 42.2 Å². The molecule has 0 bridgehead atoms. The van der Waals surface area contributed by atoms with Gasteiger partial charge in [-0.3, -0.25) is 0 Å². The van der Waals surface area contributed by atoms with E-state index in [-0.39, 0.29) is 0 Å².